The molecule has 1 atom stereocenters. The standard InChI is InChI=1S/C25H35N7O/c1-18-28-29-23(30(18)2)16-26-25(27-20-8-3-4-9-20)32-17-19(21-10-5-6-11-22(21)32)13-15-31-14-7-12-24(31)33/h5-6,10-11,19-20H,3-4,7-9,12-17H2,1-2H3,(H,26,27). The van der Waals surface area contributed by atoms with Gasteiger partial charge in [-0.3, -0.25) is 4.79 Å². The van der Waals surface area contributed by atoms with E-state index < -0.39 is 0 Å². The van der Waals surface area contributed by atoms with Crippen molar-refractivity contribution in [2.45, 2.75) is 70.4 Å². The Kier molecular flexibility index (Phi) is 6.33. The summed E-state index contributed by atoms with van der Waals surface area (Å²) < 4.78 is 2.00. The lowest BCUT2D eigenvalue weighted by Crippen LogP contribution is -2.45. The number of rotatable bonds is 6. The van der Waals surface area contributed by atoms with Crippen LogP contribution in [0.1, 0.15) is 68.1 Å². The number of aryl methyl sites for hydroxylation is 1. The van der Waals surface area contributed by atoms with E-state index >= 15 is 0 Å². The summed E-state index contributed by atoms with van der Waals surface area (Å²) in [6.07, 6.45) is 7.62. The number of benzene rings is 1. The van der Waals surface area contributed by atoms with Gasteiger partial charge in [0.1, 0.15) is 12.4 Å². The van der Waals surface area contributed by atoms with Crippen LogP contribution in [-0.4, -0.2) is 57.2 Å². The van der Waals surface area contributed by atoms with Gasteiger partial charge in [0.25, 0.3) is 0 Å². The zero-order valence-electron chi connectivity index (χ0n) is 19.8. The highest BCUT2D eigenvalue weighted by molar-refractivity contribution is 5.98. The third kappa shape index (κ3) is 4.61. The maximum atomic E-state index is 12.1. The molecular formula is C25H35N7O. The summed E-state index contributed by atoms with van der Waals surface area (Å²) in [7, 11) is 1.99. The summed E-state index contributed by atoms with van der Waals surface area (Å²) in [6, 6.07) is 9.15. The third-order valence-corrected chi connectivity index (χ3v) is 7.49. The molecule has 2 aromatic rings. The molecule has 0 radical (unpaired) electrons. The van der Waals surface area contributed by atoms with Gasteiger partial charge in [-0.15, -0.1) is 10.2 Å². The first kappa shape index (κ1) is 21.9. The van der Waals surface area contributed by atoms with Gasteiger partial charge in [0.15, 0.2) is 11.8 Å². The van der Waals surface area contributed by atoms with Crippen molar-refractivity contribution in [3.05, 3.63) is 41.5 Å². The number of hydrogen-bond donors (Lipinski definition) is 1. The molecule has 1 saturated carbocycles. The van der Waals surface area contributed by atoms with E-state index in [0.29, 0.717) is 30.8 Å². The Labute approximate surface area is 196 Å². The Bertz CT molecular complexity index is 1020. The fourth-order valence-corrected chi connectivity index (χ4v) is 5.39. The number of hydrogen-bond acceptors (Lipinski definition) is 4. The molecule has 1 aromatic carbocycles. The van der Waals surface area contributed by atoms with Gasteiger partial charge in [0.05, 0.1) is 0 Å². The summed E-state index contributed by atoms with van der Waals surface area (Å²) >= 11 is 0. The first-order valence-electron chi connectivity index (χ1n) is 12.4. The molecule has 1 N–H and O–H groups in total. The van der Waals surface area contributed by atoms with E-state index in [2.05, 4.69) is 44.7 Å². The number of amides is 1. The predicted octanol–water partition coefficient (Wildman–Crippen LogP) is 3.13. The highest BCUT2D eigenvalue weighted by Crippen LogP contribution is 2.38. The topological polar surface area (TPSA) is 78.7 Å². The first-order chi connectivity index (χ1) is 16.1. The number of likely N-dealkylation sites (tertiary alicyclic amines) is 1. The van der Waals surface area contributed by atoms with Gasteiger partial charge in [-0.2, -0.15) is 0 Å². The Hall–Kier alpha value is -2.90. The molecule has 176 valence electrons. The summed E-state index contributed by atoms with van der Waals surface area (Å²) in [5.74, 6) is 3.41. The Balaban J connectivity index is 1.38. The molecule has 2 fully saturated rings. The fourth-order valence-electron chi connectivity index (χ4n) is 5.39. The SMILES string of the molecule is Cc1nnc(CN=C(NC2CCCC2)N2CC(CCN3CCCC3=O)c3ccccc32)n1C. The van der Waals surface area contributed by atoms with Crippen LogP contribution < -0.4 is 10.2 Å². The van der Waals surface area contributed by atoms with Crippen molar-refractivity contribution in [2.24, 2.45) is 12.0 Å². The van der Waals surface area contributed by atoms with Crippen LogP contribution in [0.4, 0.5) is 5.69 Å². The highest BCUT2D eigenvalue weighted by atomic mass is 16.2. The molecule has 1 amide bonds. The highest BCUT2D eigenvalue weighted by Gasteiger charge is 2.33. The summed E-state index contributed by atoms with van der Waals surface area (Å²) in [4.78, 5) is 21.5. The third-order valence-electron chi connectivity index (χ3n) is 7.49. The minimum atomic E-state index is 0.308. The van der Waals surface area contributed by atoms with Crippen molar-refractivity contribution >= 4 is 17.6 Å². The van der Waals surface area contributed by atoms with Crippen molar-refractivity contribution in [1.82, 2.24) is 25.0 Å². The lowest BCUT2D eigenvalue weighted by molar-refractivity contribution is -0.127. The van der Waals surface area contributed by atoms with E-state index in [4.69, 9.17) is 4.99 Å². The van der Waals surface area contributed by atoms with Gasteiger partial charge in [0.2, 0.25) is 5.91 Å². The maximum absolute atomic E-state index is 12.1. The summed E-state index contributed by atoms with van der Waals surface area (Å²) in [5, 5.41) is 12.3. The van der Waals surface area contributed by atoms with Crippen molar-refractivity contribution in [1.29, 1.82) is 0 Å². The molecular weight excluding hydrogens is 414 g/mol. The van der Waals surface area contributed by atoms with Gasteiger partial charge in [-0.1, -0.05) is 31.0 Å². The van der Waals surface area contributed by atoms with Crippen molar-refractivity contribution < 1.29 is 4.79 Å². The second kappa shape index (κ2) is 9.53. The van der Waals surface area contributed by atoms with Crippen molar-refractivity contribution in [2.75, 3.05) is 24.5 Å². The second-order valence-corrected chi connectivity index (χ2v) is 9.63. The van der Waals surface area contributed by atoms with Crippen LogP contribution in [0.3, 0.4) is 0 Å². The minimum Gasteiger partial charge on any atom is -0.353 e. The minimum absolute atomic E-state index is 0.308. The molecule has 1 aromatic heterocycles. The maximum Gasteiger partial charge on any atom is 0.222 e. The molecule has 33 heavy (non-hydrogen) atoms. The average molecular weight is 450 g/mol. The van der Waals surface area contributed by atoms with E-state index in [1.165, 1.54) is 36.9 Å². The van der Waals surface area contributed by atoms with Crippen molar-refractivity contribution in [3.63, 3.8) is 0 Å². The quantitative estimate of drug-likeness (QED) is 0.542. The molecule has 1 unspecified atom stereocenters. The largest absolute Gasteiger partial charge is 0.353 e. The Morgan fingerprint density at radius 3 is 2.73 bits per heavy atom. The summed E-state index contributed by atoms with van der Waals surface area (Å²) in [5.41, 5.74) is 2.59. The van der Waals surface area contributed by atoms with Gasteiger partial charge in [-0.25, -0.2) is 4.99 Å². The number of nitrogens with zero attached hydrogens (tertiary/aromatic N) is 6. The van der Waals surface area contributed by atoms with Gasteiger partial charge >= 0.3 is 0 Å². The van der Waals surface area contributed by atoms with Crippen molar-refractivity contribution in [3.8, 4) is 0 Å². The van der Waals surface area contributed by atoms with E-state index in [1.54, 1.807) is 0 Å². The van der Waals surface area contributed by atoms with E-state index in [0.717, 1.165) is 50.1 Å². The number of carbonyl (C=O) groups is 1. The lowest BCUT2D eigenvalue weighted by atomic mass is 9.98. The molecule has 8 heteroatoms. The number of guanidine groups is 1. The van der Waals surface area contributed by atoms with Crippen LogP contribution in [0, 0.1) is 6.92 Å². The van der Waals surface area contributed by atoms with E-state index in [9.17, 15) is 4.79 Å². The smallest absolute Gasteiger partial charge is 0.222 e. The lowest BCUT2D eigenvalue weighted by Gasteiger charge is -2.26. The molecule has 3 aliphatic rings. The zero-order valence-corrected chi connectivity index (χ0v) is 19.8. The Morgan fingerprint density at radius 1 is 1.18 bits per heavy atom. The normalized spacial score (nSPS) is 21.3. The number of aromatic nitrogens is 3. The molecule has 0 bridgehead atoms. The fraction of sp³-hybridized carbons (Fsp3) is 0.600. The predicted molar refractivity (Wildman–Crippen MR) is 129 cm³/mol. The molecule has 3 heterocycles. The van der Waals surface area contributed by atoms with Crippen LogP contribution in [0.2, 0.25) is 0 Å². The van der Waals surface area contributed by atoms with Crippen LogP contribution >= 0.6 is 0 Å². The average Bonchev–Trinajstić information content (AvgIpc) is 3.61. The number of para-hydroxylation sites is 1. The molecule has 8 nitrogen and oxygen atoms in total. The number of fused-ring (bicyclic) bond motifs is 1. The summed E-state index contributed by atoms with van der Waals surface area (Å²) in [6.45, 7) is 5.09. The number of aliphatic imine (C=N–C) groups is 1. The number of anilines is 1. The molecule has 0 spiro atoms. The van der Waals surface area contributed by atoms with Gasteiger partial charge in [-0.05, 0) is 44.2 Å². The van der Waals surface area contributed by atoms with E-state index in [-0.39, 0.29) is 0 Å². The van der Waals surface area contributed by atoms with Crippen LogP contribution in [-0.2, 0) is 18.4 Å². The monoisotopic (exact) mass is 449 g/mol. The number of carbonyl (C=O) groups excluding carboxylic acids is 1. The van der Waals surface area contributed by atoms with Gasteiger partial charge in [0, 0.05) is 50.7 Å². The molecule has 2 aliphatic heterocycles. The number of nitrogens with one attached hydrogen (secondary N) is 1. The van der Waals surface area contributed by atoms with Crippen LogP contribution in [0.15, 0.2) is 29.3 Å². The zero-order chi connectivity index (χ0) is 22.8. The van der Waals surface area contributed by atoms with Gasteiger partial charge < -0.3 is 19.7 Å². The molecule has 5 rings (SSSR count). The first-order valence-corrected chi connectivity index (χ1v) is 12.4. The van der Waals surface area contributed by atoms with Crippen LogP contribution in [0.25, 0.3) is 0 Å². The van der Waals surface area contributed by atoms with E-state index in [1.807, 2.05) is 23.4 Å². The second-order valence-electron chi connectivity index (χ2n) is 9.63. The molecule has 1 saturated heterocycles. The van der Waals surface area contributed by atoms with Crippen LogP contribution in [0.5, 0.6) is 0 Å². The molecule has 1 aliphatic carbocycles. The Morgan fingerprint density at radius 2 is 2.00 bits per heavy atom.